The van der Waals surface area contributed by atoms with Crippen molar-refractivity contribution in [2.45, 2.75) is 95.5 Å². The molecule has 2 rings (SSSR count). The molecule has 0 aromatic carbocycles. The summed E-state index contributed by atoms with van der Waals surface area (Å²) in [5.74, 6) is 1.39. The first-order valence-corrected chi connectivity index (χ1v) is 12.6. The Balaban J connectivity index is 2.33. The Bertz CT molecular complexity index is 743. The first-order chi connectivity index (χ1) is 14.8. The Morgan fingerprint density at radius 1 is 1.16 bits per heavy atom. The van der Waals surface area contributed by atoms with Gasteiger partial charge >= 0.3 is 20.5 Å². The number of fused-ring (bicyclic) bond motifs is 1. The van der Waals surface area contributed by atoms with Gasteiger partial charge in [-0.05, 0) is 0 Å². The van der Waals surface area contributed by atoms with Crippen LogP contribution in [0, 0.1) is 12.3 Å². The number of ether oxygens (including phenoxy) is 4. The summed E-state index contributed by atoms with van der Waals surface area (Å²) in [5.41, 5.74) is 0. The predicted octanol–water partition coefficient (Wildman–Crippen LogP) is 3.24. The summed E-state index contributed by atoms with van der Waals surface area (Å²) in [6.45, 7) is 14.5. The van der Waals surface area contributed by atoms with Crippen LogP contribution < -0.4 is 0 Å². The molecule has 2 heterocycles. The van der Waals surface area contributed by atoms with E-state index in [-0.39, 0.29) is 22.3 Å². The van der Waals surface area contributed by atoms with Crippen LogP contribution in [0.4, 0.5) is 0 Å². The minimum absolute atomic E-state index is 0.187. The molecule has 0 unspecified atom stereocenters. The van der Waals surface area contributed by atoms with Crippen molar-refractivity contribution in [3.8, 4) is 12.3 Å². The zero-order chi connectivity index (χ0) is 24.3. The van der Waals surface area contributed by atoms with E-state index in [1.807, 2.05) is 0 Å². The van der Waals surface area contributed by atoms with E-state index in [2.05, 4.69) is 52.2 Å². The van der Waals surface area contributed by atoms with Gasteiger partial charge in [0.2, 0.25) is 0 Å². The van der Waals surface area contributed by atoms with Crippen LogP contribution in [-0.2, 0) is 37.4 Å². The molecule has 0 aromatic heterocycles. The molecule has 2 aliphatic heterocycles. The molecule has 2 aliphatic rings. The number of rotatable bonds is 5. The smallest absolute Gasteiger partial charge is 0.349 e. The topological polar surface area (TPSA) is 89.5 Å². The Morgan fingerprint density at radius 2 is 1.78 bits per heavy atom. The van der Waals surface area contributed by atoms with Crippen LogP contribution in [0.5, 0.6) is 0 Å². The molecule has 2 fully saturated rings. The van der Waals surface area contributed by atoms with E-state index in [4.69, 9.17) is 29.5 Å². The number of esters is 2. The molecular weight excluding hydrogens is 432 g/mol. The average molecular weight is 469 g/mol. The SMILES string of the molecule is C#C[C@@H](OC(C)=O)[C@@H]1O[C@@H]2CO[Si](C(C)(C)C)(C(C)(C)C)O[C@H]2C[C@H]1O/C=C/C(=O)OC. The highest BCUT2D eigenvalue weighted by atomic mass is 28.4. The highest BCUT2D eigenvalue weighted by Crippen LogP contribution is 2.55. The van der Waals surface area contributed by atoms with Crippen LogP contribution in [0.3, 0.4) is 0 Å². The summed E-state index contributed by atoms with van der Waals surface area (Å²) in [6, 6.07) is 0. The molecule has 0 N–H and O–H groups in total. The van der Waals surface area contributed by atoms with Gasteiger partial charge in [0.15, 0.2) is 6.10 Å². The molecule has 0 bridgehead atoms. The summed E-state index contributed by atoms with van der Waals surface area (Å²) in [7, 11) is -1.44. The highest BCUT2D eigenvalue weighted by molar-refractivity contribution is 6.73. The fraction of sp³-hybridized carbons (Fsp3) is 0.739. The van der Waals surface area contributed by atoms with Gasteiger partial charge in [-0.2, -0.15) is 0 Å². The molecule has 32 heavy (non-hydrogen) atoms. The number of carbonyl (C=O) groups is 2. The number of hydrogen-bond acceptors (Lipinski definition) is 8. The second-order valence-corrected chi connectivity index (χ2v) is 14.9. The summed E-state index contributed by atoms with van der Waals surface area (Å²) < 4.78 is 35.2. The van der Waals surface area contributed by atoms with Crippen LogP contribution >= 0.6 is 0 Å². The normalized spacial score (nSPS) is 28.8. The number of methoxy groups -OCH3 is 1. The average Bonchev–Trinajstić information content (AvgIpc) is 2.69. The monoisotopic (exact) mass is 468 g/mol. The maximum atomic E-state index is 11.6. The van der Waals surface area contributed by atoms with Gasteiger partial charge in [0.1, 0.15) is 18.3 Å². The minimum atomic E-state index is -2.72. The lowest BCUT2D eigenvalue weighted by Crippen LogP contribution is -2.68. The van der Waals surface area contributed by atoms with Crippen LogP contribution in [0.2, 0.25) is 10.1 Å². The third-order valence-electron chi connectivity index (χ3n) is 5.73. The largest absolute Gasteiger partial charge is 0.495 e. The summed E-state index contributed by atoms with van der Waals surface area (Å²) >= 11 is 0. The van der Waals surface area contributed by atoms with Gasteiger partial charge in [-0.25, -0.2) is 4.79 Å². The lowest BCUT2D eigenvalue weighted by molar-refractivity contribution is -0.220. The second-order valence-electron chi connectivity index (χ2n) is 10.2. The van der Waals surface area contributed by atoms with Crippen LogP contribution in [0.15, 0.2) is 12.3 Å². The maximum Gasteiger partial charge on any atom is 0.349 e. The second kappa shape index (κ2) is 9.95. The van der Waals surface area contributed by atoms with E-state index in [0.717, 1.165) is 6.08 Å². The summed E-state index contributed by atoms with van der Waals surface area (Å²) in [4.78, 5) is 23.0. The van der Waals surface area contributed by atoms with Gasteiger partial charge in [-0.1, -0.05) is 47.5 Å². The van der Waals surface area contributed by atoms with Crippen molar-refractivity contribution < 1.29 is 37.4 Å². The van der Waals surface area contributed by atoms with E-state index >= 15 is 0 Å². The molecule has 0 aromatic rings. The quantitative estimate of drug-likeness (QED) is 0.200. The molecule has 9 heteroatoms. The fourth-order valence-electron chi connectivity index (χ4n) is 4.56. The molecular formula is C23H36O8Si. The van der Waals surface area contributed by atoms with Crippen LogP contribution in [0.25, 0.3) is 0 Å². The maximum absolute atomic E-state index is 11.6. The molecule has 0 aliphatic carbocycles. The Hall–Kier alpha value is -1.86. The summed E-state index contributed by atoms with van der Waals surface area (Å²) in [6.07, 6.45) is 5.46. The van der Waals surface area contributed by atoms with E-state index in [9.17, 15) is 9.59 Å². The van der Waals surface area contributed by atoms with Gasteiger partial charge in [0.25, 0.3) is 0 Å². The molecule has 180 valence electrons. The first-order valence-electron chi connectivity index (χ1n) is 10.8. The molecule has 0 radical (unpaired) electrons. The zero-order valence-corrected chi connectivity index (χ0v) is 21.3. The molecule has 5 atom stereocenters. The minimum Gasteiger partial charge on any atom is -0.495 e. The fourth-order valence-corrected chi connectivity index (χ4v) is 9.52. The Labute approximate surface area is 192 Å². The van der Waals surface area contributed by atoms with Crippen molar-refractivity contribution in [1.82, 2.24) is 0 Å². The zero-order valence-electron chi connectivity index (χ0n) is 20.3. The number of carbonyl (C=O) groups excluding carboxylic acids is 2. The van der Waals surface area contributed by atoms with Gasteiger partial charge in [0.05, 0.1) is 32.2 Å². The van der Waals surface area contributed by atoms with Gasteiger partial charge < -0.3 is 27.8 Å². The third kappa shape index (κ3) is 5.54. The van der Waals surface area contributed by atoms with Crippen molar-refractivity contribution in [3.63, 3.8) is 0 Å². The van der Waals surface area contributed by atoms with Gasteiger partial charge in [-0.15, -0.1) is 6.42 Å². The van der Waals surface area contributed by atoms with Crippen molar-refractivity contribution >= 4 is 20.5 Å². The Kier molecular flexibility index (Phi) is 8.21. The van der Waals surface area contributed by atoms with Crippen molar-refractivity contribution in [2.24, 2.45) is 0 Å². The molecule has 0 spiro atoms. The van der Waals surface area contributed by atoms with Crippen molar-refractivity contribution in [1.29, 1.82) is 0 Å². The summed E-state index contributed by atoms with van der Waals surface area (Å²) in [5, 5.41) is -0.374. The van der Waals surface area contributed by atoms with E-state index in [1.165, 1.54) is 20.3 Å². The van der Waals surface area contributed by atoms with E-state index < -0.39 is 38.8 Å². The third-order valence-corrected chi connectivity index (χ3v) is 10.9. The molecule has 0 amide bonds. The lowest BCUT2D eigenvalue weighted by atomic mass is 9.95. The predicted molar refractivity (Wildman–Crippen MR) is 120 cm³/mol. The lowest BCUT2D eigenvalue weighted by Gasteiger charge is -2.56. The van der Waals surface area contributed by atoms with E-state index in [0.29, 0.717) is 13.0 Å². The van der Waals surface area contributed by atoms with E-state index in [1.54, 1.807) is 0 Å². The number of terminal acetylenes is 1. The standard InChI is InChI=1S/C23H36O8Si/c1-10-16(29-15(2)24)21-18(27-12-11-20(25)26-9)13-17-19(30-21)14-28-32(31-17,22(3,4)5)23(6,7)8/h1,11-12,16-19,21H,13-14H2,2-9H3/b12-11+/t16-,17+,18-,19-,21+/m1/s1. The van der Waals surface area contributed by atoms with Crippen LogP contribution in [-0.4, -0.2) is 64.7 Å². The molecule has 0 saturated carbocycles. The first kappa shape index (κ1) is 26.4. The van der Waals surface area contributed by atoms with Gasteiger partial charge in [-0.3, -0.25) is 4.79 Å². The molecule has 2 saturated heterocycles. The van der Waals surface area contributed by atoms with Crippen LogP contribution in [0.1, 0.15) is 54.9 Å². The Morgan fingerprint density at radius 3 is 2.28 bits per heavy atom. The number of hydrogen-bond donors (Lipinski definition) is 0. The molecule has 8 nitrogen and oxygen atoms in total. The van der Waals surface area contributed by atoms with Crippen molar-refractivity contribution in [2.75, 3.05) is 13.7 Å². The highest BCUT2D eigenvalue weighted by Gasteiger charge is 2.63. The van der Waals surface area contributed by atoms with Crippen molar-refractivity contribution in [3.05, 3.63) is 12.3 Å². The van der Waals surface area contributed by atoms with Gasteiger partial charge in [0, 0.05) is 23.4 Å².